The maximum atomic E-state index is 11.5. The molecule has 6 heteroatoms. The van der Waals surface area contributed by atoms with Crippen molar-refractivity contribution in [1.29, 1.82) is 0 Å². The first-order valence-electron chi connectivity index (χ1n) is 6.13. The molecule has 4 nitrogen and oxygen atoms in total. The molecule has 2 aromatic rings. The summed E-state index contributed by atoms with van der Waals surface area (Å²) in [7, 11) is 0. The second kappa shape index (κ2) is 6.64. The number of rotatable bonds is 4. The monoisotopic (exact) mass is 336 g/mol. The van der Waals surface area contributed by atoms with Gasteiger partial charge in [0.2, 0.25) is 0 Å². The van der Waals surface area contributed by atoms with Crippen LogP contribution in [-0.4, -0.2) is 22.2 Å². The van der Waals surface area contributed by atoms with Gasteiger partial charge in [0.1, 0.15) is 0 Å². The number of aliphatic carboxylic acids is 1. The molecule has 2 aromatic carbocycles. The van der Waals surface area contributed by atoms with Gasteiger partial charge in [-0.15, -0.1) is 0 Å². The molecule has 0 bridgehead atoms. The number of carboxylic acid groups (broad SMARTS) is 2. The Morgan fingerprint density at radius 3 is 2.09 bits per heavy atom. The van der Waals surface area contributed by atoms with E-state index in [0.717, 1.165) is 0 Å². The first-order valence-corrected chi connectivity index (χ1v) is 6.88. The molecule has 0 heterocycles. The summed E-state index contributed by atoms with van der Waals surface area (Å²) in [4.78, 5) is 22.8. The average molecular weight is 337 g/mol. The predicted molar refractivity (Wildman–Crippen MR) is 85.4 cm³/mol. The van der Waals surface area contributed by atoms with E-state index in [1.165, 1.54) is 36.4 Å². The molecule has 0 amide bonds. The lowest BCUT2D eigenvalue weighted by Gasteiger charge is -2.07. The molecule has 0 aliphatic carbocycles. The summed E-state index contributed by atoms with van der Waals surface area (Å²) in [5.41, 5.74) is 0.396. The van der Waals surface area contributed by atoms with Crippen LogP contribution in [0.4, 0.5) is 0 Å². The van der Waals surface area contributed by atoms with Gasteiger partial charge in [-0.3, -0.25) is 0 Å². The molecular weight excluding hydrogens is 327 g/mol. The van der Waals surface area contributed by atoms with Gasteiger partial charge >= 0.3 is 11.9 Å². The van der Waals surface area contributed by atoms with Crippen molar-refractivity contribution >= 4 is 46.8 Å². The summed E-state index contributed by atoms with van der Waals surface area (Å²) in [5.74, 6) is -2.43. The van der Waals surface area contributed by atoms with Gasteiger partial charge < -0.3 is 10.2 Å². The molecule has 0 radical (unpaired) electrons. The maximum Gasteiger partial charge on any atom is 0.336 e. The molecule has 0 unspecified atom stereocenters. The molecule has 0 atom stereocenters. The van der Waals surface area contributed by atoms with Crippen LogP contribution in [0.5, 0.6) is 0 Å². The SMILES string of the molecule is O=C(O)/C(=C\c1ccc(Cl)c(Cl)c1)c1ccccc1C(=O)O. The van der Waals surface area contributed by atoms with Crippen LogP contribution >= 0.6 is 23.2 Å². The lowest BCUT2D eigenvalue weighted by molar-refractivity contribution is -0.130. The van der Waals surface area contributed by atoms with E-state index in [4.69, 9.17) is 23.2 Å². The highest BCUT2D eigenvalue weighted by atomic mass is 35.5. The highest BCUT2D eigenvalue weighted by Crippen LogP contribution is 2.27. The lowest BCUT2D eigenvalue weighted by atomic mass is 9.97. The minimum absolute atomic E-state index is 0.0868. The Bertz CT molecular complexity index is 781. The van der Waals surface area contributed by atoms with Gasteiger partial charge in [0.15, 0.2) is 0 Å². The first-order chi connectivity index (χ1) is 10.4. The zero-order valence-electron chi connectivity index (χ0n) is 11.1. The van der Waals surface area contributed by atoms with Crippen molar-refractivity contribution in [2.24, 2.45) is 0 Å². The highest BCUT2D eigenvalue weighted by Gasteiger charge is 2.18. The summed E-state index contributed by atoms with van der Waals surface area (Å²) >= 11 is 11.7. The van der Waals surface area contributed by atoms with Gasteiger partial charge in [0.05, 0.1) is 21.2 Å². The maximum absolute atomic E-state index is 11.5. The van der Waals surface area contributed by atoms with Crippen molar-refractivity contribution in [3.8, 4) is 0 Å². The summed E-state index contributed by atoms with van der Waals surface area (Å²) in [6, 6.07) is 10.6. The zero-order valence-corrected chi connectivity index (χ0v) is 12.6. The summed E-state index contributed by atoms with van der Waals surface area (Å²) in [6.45, 7) is 0. The van der Waals surface area contributed by atoms with Crippen molar-refractivity contribution in [2.45, 2.75) is 0 Å². The van der Waals surface area contributed by atoms with Crippen molar-refractivity contribution in [2.75, 3.05) is 0 Å². The van der Waals surface area contributed by atoms with Crippen molar-refractivity contribution in [3.05, 3.63) is 69.2 Å². The predicted octanol–water partition coefficient (Wildman–Crippen LogP) is 4.32. The van der Waals surface area contributed by atoms with E-state index in [-0.39, 0.29) is 21.7 Å². The van der Waals surface area contributed by atoms with Crippen LogP contribution in [-0.2, 0) is 4.79 Å². The third-order valence-corrected chi connectivity index (χ3v) is 3.67. The van der Waals surface area contributed by atoms with Crippen LogP contribution in [0, 0.1) is 0 Å². The molecule has 0 saturated heterocycles. The normalized spacial score (nSPS) is 11.3. The number of carbonyl (C=O) groups is 2. The number of halogens is 2. The number of benzene rings is 2. The standard InChI is InChI=1S/C16H10Cl2O4/c17-13-6-5-9(8-14(13)18)7-12(16(21)22)10-3-1-2-4-11(10)15(19)20/h1-8H,(H,19,20)(H,21,22)/b12-7-. The average Bonchev–Trinajstić information content (AvgIpc) is 2.48. The van der Waals surface area contributed by atoms with E-state index in [1.54, 1.807) is 12.1 Å². The third-order valence-electron chi connectivity index (χ3n) is 2.93. The fourth-order valence-corrected chi connectivity index (χ4v) is 2.23. The molecule has 0 saturated carbocycles. The molecule has 2 N–H and O–H groups in total. The Morgan fingerprint density at radius 1 is 0.909 bits per heavy atom. The van der Waals surface area contributed by atoms with Crippen molar-refractivity contribution in [3.63, 3.8) is 0 Å². The van der Waals surface area contributed by atoms with E-state index in [1.807, 2.05) is 0 Å². The van der Waals surface area contributed by atoms with Crippen molar-refractivity contribution in [1.82, 2.24) is 0 Å². The van der Waals surface area contributed by atoms with Gasteiger partial charge in [-0.25, -0.2) is 9.59 Å². The minimum Gasteiger partial charge on any atom is -0.478 e. The second-order valence-electron chi connectivity index (χ2n) is 4.39. The van der Waals surface area contributed by atoms with E-state index in [9.17, 15) is 19.8 Å². The fraction of sp³-hybridized carbons (Fsp3) is 0. The van der Waals surface area contributed by atoms with E-state index in [0.29, 0.717) is 10.6 Å². The largest absolute Gasteiger partial charge is 0.478 e. The van der Waals surface area contributed by atoms with Crippen LogP contribution in [0.15, 0.2) is 42.5 Å². The van der Waals surface area contributed by atoms with Crippen LogP contribution in [0.2, 0.25) is 10.0 Å². The van der Waals surface area contributed by atoms with Crippen molar-refractivity contribution < 1.29 is 19.8 Å². The van der Waals surface area contributed by atoms with Gasteiger partial charge in [-0.05, 0) is 29.8 Å². The van der Waals surface area contributed by atoms with Gasteiger partial charge in [0.25, 0.3) is 0 Å². The molecule has 0 fully saturated rings. The number of hydrogen-bond donors (Lipinski definition) is 2. The summed E-state index contributed by atoms with van der Waals surface area (Å²) < 4.78 is 0. The number of hydrogen-bond acceptors (Lipinski definition) is 2. The van der Waals surface area contributed by atoms with E-state index < -0.39 is 11.9 Å². The van der Waals surface area contributed by atoms with Crippen LogP contribution in [0.1, 0.15) is 21.5 Å². The van der Waals surface area contributed by atoms with Gasteiger partial charge in [-0.1, -0.05) is 47.5 Å². The molecule has 112 valence electrons. The molecule has 22 heavy (non-hydrogen) atoms. The Kier molecular flexibility index (Phi) is 4.85. The molecular formula is C16H10Cl2O4. The van der Waals surface area contributed by atoms with Gasteiger partial charge in [-0.2, -0.15) is 0 Å². The molecule has 0 spiro atoms. The number of carboxylic acids is 2. The molecule has 0 aliphatic heterocycles. The number of aromatic carboxylic acids is 1. The van der Waals surface area contributed by atoms with E-state index in [2.05, 4.69) is 0 Å². The zero-order chi connectivity index (χ0) is 16.3. The van der Waals surface area contributed by atoms with Crippen LogP contribution in [0.3, 0.4) is 0 Å². The minimum atomic E-state index is -1.24. The topological polar surface area (TPSA) is 74.6 Å². The Balaban J connectivity index is 2.60. The Morgan fingerprint density at radius 2 is 1.55 bits per heavy atom. The lowest BCUT2D eigenvalue weighted by Crippen LogP contribution is -2.07. The van der Waals surface area contributed by atoms with E-state index >= 15 is 0 Å². The Hall–Kier alpha value is -2.30. The molecule has 2 rings (SSSR count). The first kappa shape index (κ1) is 16.1. The summed E-state index contributed by atoms with van der Waals surface area (Å²) in [5, 5.41) is 19.2. The molecule has 0 aliphatic rings. The highest BCUT2D eigenvalue weighted by molar-refractivity contribution is 6.42. The summed E-state index contributed by atoms with van der Waals surface area (Å²) in [6.07, 6.45) is 1.35. The van der Waals surface area contributed by atoms with Crippen LogP contribution < -0.4 is 0 Å². The van der Waals surface area contributed by atoms with Crippen LogP contribution in [0.25, 0.3) is 11.6 Å². The smallest absolute Gasteiger partial charge is 0.336 e. The second-order valence-corrected chi connectivity index (χ2v) is 5.20. The molecule has 0 aromatic heterocycles. The quantitative estimate of drug-likeness (QED) is 0.644. The third kappa shape index (κ3) is 3.47. The fourth-order valence-electron chi connectivity index (χ4n) is 1.93. The van der Waals surface area contributed by atoms with Gasteiger partial charge in [0, 0.05) is 5.56 Å². The Labute approximate surface area is 136 Å².